The molecule has 0 spiro atoms. The van der Waals surface area contributed by atoms with Crippen molar-refractivity contribution in [2.24, 2.45) is 0 Å². The minimum atomic E-state index is -0.554. The predicted octanol–water partition coefficient (Wildman–Crippen LogP) is 4.47. The quantitative estimate of drug-likeness (QED) is 0.711. The number of hydrogen-bond donors (Lipinski definition) is 0. The summed E-state index contributed by atoms with van der Waals surface area (Å²) in [4.78, 5) is 29.9. The van der Waals surface area contributed by atoms with Crippen molar-refractivity contribution in [3.05, 3.63) is 48.0 Å². The van der Waals surface area contributed by atoms with Gasteiger partial charge in [-0.25, -0.2) is 4.79 Å². The Labute approximate surface area is 184 Å². The summed E-state index contributed by atoms with van der Waals surface area (Å²) in [5, 5.41) is 2.01. The van der Waals surface area contributed by atoms with Crippen molar-refractivity contribution in [3.63, 3.8) is 0 Å². The Morgan fingerprint density at radius 1 is 1.03 bits per heavy atom. The Bertz CT molecular complexity index is 943. The summed E-state index contributed by atoms with van der Waals surface area (Å²) in [7, 11) is 0. The van der Waals surface area contributed by atoms with Gasteiger partial charge in [-0.3, -0.25) is 4.79 Å². The van der Waals surface area contributed by atoms with Gasteiger partial charge in [-0.2, -0.15) is 0 Å². The molecule has 2 aromatic rings. The van der Waals surface area contributed by atoms with Gasteiger partial charge in [0.05, 0.1) is 12.1 Å². The number of amides is 2. The Balaban J connectivity index is 1.50. The zero-order chi connectivity index (χ0) is 22.0. The summed E-state index contributed by atoms with van der Waals surface area (Å²) >= 11 is 0. The first-order valence-corrected chi connectivity index (χ1v) is 11.2. The van der Waals surface area contributed by atoms with E-state index in [1.54, 1.807) is 4.90 Å². The Morgan fingerprint density at radius 3 is 2.52 bits per heavy atom. The predicted molar refractivity (Wildman–Crippen MR) is 120 cm³/mol. The topological polar surface area (TPSA) is 59.1 Å². The molecule has 2 aromatic carbocycles. The van der Waals surface area contributed by atoms with E-state index in [1.165, 1.54) is 0 Å². The molecular formula is C25H32N2O4. The molecule has 1 saturated heterocycles. The van der Waals surface area contributed by atoms with Crippen molar-refractivity contribution >= 4 is 22.8 Å². The molecule has 1 saturated carbocycles. The molecule has 6 heteroatoms. The van der Waals surface area contributed by atoms with Crippen LogP contribution in [0.5, 0.6) is 0 Å². The second kappa shape index (κ2) is 8.87. The third-order valence-corrected chi connectivity index (χ3v) is 5.75. The van der Waals surface area contributed by atoms with Crippen LogP contribution in [0.2, 0.25) is 0 Å². The molecule has 1 atom stereocenters. The summed E-state index contributed by atoms with van der Waals surface area (Å²) < 4.78 is 11.5. The van der Waals surface area contributed by atoms with Crippen LogP contribution in [-0.4, -0.2) is 65.8 Å². The number of piperazine rings is 1. The van der Waals surface area contributed by atoms with Gasteiger partial charge in [0.2, 0.25) is 0 Å². The van der Waals surface area contributed by atoms with Crippen LogP contribution in [0.15, 0.2) is 42.5 Å². The zero-order valence-electron chi connectivity index (χ0n) is 18.7. The van der Waals surface area contributed by atoms with E-state index >= 15 is 0 Å². The van der Waals surface area contributed by atoms with Gasteiger partial charge in [0.25, 0.3) is 5.91 Å². The summed E-state index contributed by atoms with van der Waals surface area (Å²) in [6, 6.07) is 13.6. The molecule has 0 radical (unpaired) electrons. The molecule has 31 heavy (non-hydrogen) atoms. The highest BCUT2D eigenvalue weighted by Gasteiger charge is 2.35. The highest BCUT2D eigenvalue weighted by Crippen LogP contribution is 2.26. The van der Waals surface area contributed by atoms with E-state index in [1.807, 2.05) is 68.1 Å². The number of carbonyl (C=O) groups excluding carboxylic acids is 2. The van der Waals surface area contributed by atoms with Gasteiger partial charge in [0.15, 0.2) is 0 Å². The maximum absolute atomic E-state index is 13.4. The lowest BCUT2D eigenvalue weighted by atomic mass is 10.0. The molecule has 0 N–H and O–H groups in total. The van der Waals surface area contributed by atoms with Crippen molar-refractivity contribution in [2.75, 3.05) is 26.2 Å². The molecule has 1 heterocycles. The number of rotatable bonds is 5. The van der Waals surface area contributed by atoms with E-state index in [-0.39, 0.29) is 18.0 Å². The SMILES string of the molecule is CC(C)(C)OC(=O)N1CCN(C(=O)c2cccc3ccccc23)C[C@@H]1CCOC1CC1. The fraction of sp³-hybridized carbons (Fsp3) is 0.520. The largest absolute Gasteiger partial charge is 0.444 e. The number of hydrogen-bond acceptors (Lipinski definition) is 4. The summed E-state index contributed by atoms with van der Waals surface area (Å²) in [6.07, 6.45) is 2.97. The molecule has 0 aromatic heterocycles. The van der Waals surface area contributed by atoms with Crippen LogP contribution in [0.25, 0.3) is 10.8 Å². The van der Waals surface area contributed by atoms with Crippen molar-refractivity contribution < 1.29 is 19.1 Å². The molecule has 2 amide bonds. The number of ether oxygens (including phenoxy) is 2. The normalized spacial score (nSPS) is 19.5. The first-order chi connectivity index (χ1) is 14.8. The van der Waals surface area contributed by atoms with E-state index in [2.05, 4.69) is 0 Å². The number of carbonyl (C=O) groups is 2. The molecule has 166 valence electrons. The third-order valence-electron chi connectivity index (χ3n) is 5.75. The minimum absolute atomic E-state index is 0.00810. The van der Waals surface area contributed by atoms with Crippen molar-refractivity contribution in [1.82, 2.24) is 9.80 Å². The molecular weight excluding hydrogens is 392 g/mol. The van der Waals surface area contributed by atoms with Gasteiger partial charge in [0.1, 0.15) is 5.60 Å². The lowest BCUT2D eigenvalue weighted by Crippen LogP contribution is -2.57. The molecule has 0 bridgehead atoms. The molecule has 1 aliphatic carbocycles. The fourth-order valence-electron chi connectivity index (χ4n) is 4.04. The van der Waals surface area contributed by atoms with Crippen molar-refractivity contribution in [3.8, 4) is 0 Å². The van der Waals surface area contributed by atoms with Gasteiger partial charge in [-0.05, 0) is 56.9 Å². The van der Waals surface area contributed by atoms with Crippen LogP contribution >= 0.6 is 0 Å². The highest BCUT2D eigenvalue weighted by atomic mass is 16.6. The van der Waals surface area contributed by atoms with Gasteiger partial charge in [-0.15, -0.1) is 0 Å². The Hall–Kier alpha value is -2.60. The fourth-order valence-corrected chi connectivity index (χ4v) is 4.04. The molecule has 6 nitrogen and oxygen atoms in total. The smallest absolute Gasteiger partial charge is 0.410 e. The maximum Gasteiger partial charge on any atom is 0.410 e. The zero-order valence-corrected chi connectivity index (χ0v) is 18.7. The van der Waals surface area contributed by atoms with E-state index in [4.69, 9.17) is 9.47 Å². The van der Waals surface area contributed by atoms with Crippen LogP contribution in [0, 0.1) is 0 Å². The van der Waals surface area contributed by atoms with Gasteiger partial charge in [0, 0.05) is 31.8 Å². The van der Waals surface area contributed by atoms with Crippen molar-refractivity contribution in [2.45, 2.75) is 57.8 Å². The standard InChI is InChI=1S/C25H32N2O4/c1-25(2,3)31-24(29)27-15-14-26(17-19(27)13-16-30-20-11-12-20)23(28)22-10-6-8-18-7-4-5-9-21(18)22/h4-10,19-20H,11-17H2,1-3H3/t19-/m0/s1. The Morgan fingerprint density at radius 2 is 1.77 bits per heavy atom. The molecule has 2 aliphatic rings. The van der Waals surface area contributed by atoms with Crippen LogP contribution in [-0.2, 0) is 9.47 Å². The minimum Gasteiger partial charge on any atom is -0.444 e. The average molecular weight is 425 g/mol. The third kappa shape index (κ3) is 5.37. The number of nitrogens with zero attached hydrogens (tertiary/aromatic N) is 2. The second-order valence-electron chi connectivity index (χ2n) is 9.46. The van der Waals surface area contributed by atoms with Crippen LogP contribution in [0.3, 0.4) is 0 Å². The van der Waals surface area contributed by atoms with E-state index in [9.17, 15) is 9.59 Å². The number of fused-ring (bicyclic) bond motifs is 1. The summed E-state index contributed by atoms with van der Waals surface area (Å²) in [6.45, 7) is 7.63. The monoisotopic (exact) mass is 424 g/mol. The molecule has 0 unspecified atom stereocenters. The first kappa shape index (κ1) is 21.6. The summed E-state index contributed by atoms with van der Waals surface area (Å²) in [5.41, 5.74) is 0.152. The second-order valence-corrected chi connectivity index (χ2v) is 9.46. The maximum atomic E-state index is 13.4. The molecule has 2 fully saturated rings. The van der Waals surface area contributed by atoms with Crippen molar-refractivity contribution in [1.29, 1.82) is 0 Å². The van der Waals surface area contributed by atoms with E-state index < -0.39 is 5.60 Å². The van der Waals surface area contributed by atoms with Crippen LogP contribution < -0.4 is 0 Å². The van der Waals surface area contributed by atoms with Gasteiger partial charge < -0.3 is 19.3 Å². The van der Waals surface area contributed by atoms with Crippen LogP contribution in [0.4, 0.5) is 4.79 Å². The van der Waals surface area contributed by atoms with E-state index in [0.717, 1.165) is 23.6 Å². The first-order valence-electron chi connectivity index (χ1n) is 11.2. The lowest BCUT2D eigenvalue weighted by molar-refractivity contribution is -0.00734. The lowest BCUT2D eigenvalue weighted by Gasteiger charge is -2.41. The highest BCUT2D eigenvalue weighted by molar-refractivity contribution is 6.07. The summed E-state index contributed by atoms with van der Waals surface area (Å²) in [5.74, 6) is 0.00810. The van der Waals surface area contributed by atoms with E-state index in [0.29, 0.717) is 44.3 Å². The van der Waals surface area contributed by atoms with Gasteiger partial charge >= 0.3 is 6.09 Å². The molecule has 4 rings (SSSR count). The Kier molecular flexibility index (Phi) is 6.19. The average Bonchev–Trinajstić information content (AvgIpc) is 3.56. The number of benzene rings is 2. The van der Waals surface area contributed by atoms with Crippen LogP contribution in [0.1, 0.15) is 50.4 Å². The molecule has 1 aliphatic heterocycles. The van der Waals surface area contributed by atoms with Gasteiger partial charge in [-0.1, -0.05) is 36.4 Å².